The van der Waals surface area contributed by atoms with E-state index < -0.39 is 5.97 Å². The Morgan fingerprint density at radius 1 is 1.40 bits per heavy atom. The van der Waals surface area contributed by atoms with Gasteiger partial charge in [0.05, 0.1) is 17.7 Å². The molecule has 0 aromatic carbocycles. The maximum absolute atomic E-state index is 11.0. The van der Waals surface area contributed by atoms with E-state index >= 15 is 0 Å². The van der Waals surface area contributed by atoms with E-state index in [2.05, 4.69) is 15.3 Å². The van der Waals surface area contributed by atoms with Crippen molar-refractivity contribution >= 4 is 23.4 Å². The van der Waals surface area contributed by atoms with E-state index in [1.165, 1.54) is 12.3 Å². The topological polar surface area (TPSA) is 84.3 Å². The summed E-state index contributed by atoms with van der Waals surface area (Å²) >= 11 is 5.98. The van der Waals surface area contributed by atoms with E-state index in [1.807, 2.05) is 6.07 Å². The van der Waals surface area contributed by atoms with Crippen molar-refractivity contribution in [1.82, 2.24) is 9.97 Å². The minimum atomic E-state index is -1.09. The minimum absolute atomic E-state index is 0.0111. The molecule has 0 aliphatic rings. The van der Waals surface area contributed by atoms with Crippen molar-refractivity contribution in [3.8, 4) is 5.88 Å². The van der Waals surface area contributed by atoms with Gasteiger partial charge in [-0.3, -0.25) is 0 Å². The molecule has 0 aliphatic carbocycles. The van der Waals surface area contributed by atoms with Gasteiger partial charge in [0, 0.05) is 25.0 Å². The third-order valence-electron chi connectivity index (χ3n) is 2.59. The second-order valence-corrected chi connectivity index (χ2v) is 4.27. The molecule has 0 aliphatic heterocycles. The summed E-state index contributed by atoms with van der Waals surface area (Å²) in [6.07, 6.45) is 3.05. The molecule has 0 bridgehead atoms. The van der Waals surface area contributed by atoms with Crippen LogP contribution in [0.4, 0.5) is 5.82 Å². The Morgan fingerprint density at radius 2 is 2.20 bits per heavy atom. The number of nitrogens with one attached hydrogen (secondary N) is 1. The molecule has 7 heteroatoms. The first-order valence-electron chi connectivity index (χ1n) is 5.72. The Morgan fingerprint density at radius 3 is 2.80 bits per heavy atom. The van der Waals surface area contributed by atoms with E-state index in [1.54, 1.807) is 19.4 Å². The van der Waals surface area contributed by atoms with Crippen LogP contribution in [0.1, 0.15) is 15.9 Å². The first-order valence-corrected chi connectivity index (χ1v) is 6.10. The van der Waals surface area contributed by atoms with Gasteiger partial charge in [-0.1, -0.05) is 17.7 Å². The number of halogens is 1. The highest BCUT2D eigenvalue weighted by atomic mass is 35.5. The molecule has 2 N–H and O–H groups in total. The van der Waals surface area contributed by atoms with Gasteiger partial charge in [-0.2, -0.15) is 0 Å². The third-order valence-corrected chi connectivity index (χ3v) is 2.97. The fraction of sp³-hybridized carbons (Fsp3) is 0.154. The van der Waals surface area contributed by atoms with Crippen LogP contribution in [0.15, 0.2) is 30.6 Å². The molecule has 0 fully saturated rings. The molecule has 2 aromatic heterocycles. The molecule has 2 heterocycles. The molecular formula is C13H12ClN3O3. The Hall–Kier alpha value is -2.34. The third kappa shape index (κ3) is 3.16. The van der Waals surface area contributed by atoms with Crippen molar-refractivity contribution in [3.05, 3.63) is 46.7 Å². The van der Waals surface area contributed by atoms with Gasteiger partial charge in [-0.25, -0.2) is 14.8 Å². The number of carboxylic acid groups (broad SMARTS) is 1. The highest BCUT2D eigenvalue weighted by molar-refractivity contribution is 6.35. The van der Waals surface area contributed by atoms with Crippen molar-refractivity contribution < 1.29 is 14.6 Å². The van der Waals surface area contributed by atoms with Gasteiger partial charge in [0.15, 0.2) is 0 Å². The van der Waals surface area contributed by atoms with Crippen LogP contribution in [0, 0.1) is 0 Å². The molecular weight excluding hydrogens is 282 g/mol. The summed E-state index contributed by atoms with van der Waals surface area (Å²) in [6, 6.07) is 4.93. The van der Waals surface area contributed by atoms with Crippen LogP contribution in [-0.4, -0.2) is 28.2 Å². The standard InChI is InChI=1S/C13H12ClN3O3/c1-20-10-3-2-8(6-16-10)7-17-12-11(14)9(13(18)19)4-5-15-12/h2-6H,7H2,1H3,(H,15,17)(H,18,19). The number of aromatic nitrogens is 2. The van der Waals surface area contributed by atoms with E-state index in [-0.39, 0.29) is 10.6 Å². The van der Waals surface area contributed by atoms with E-state index in [4.69, 9.17) is 21.4 Å². The molecule has 20 heavy (non-hydrogen) atoms. The summed E-state index contributed by atoms with van der Waals surface area (Å²) in [5, 5.41) is 12.0. The number of anilines is 1. The van der Waals surface area contributed by atoms with E-state index in [0.717, 1.165) is 5.56 Å². The lowest BCUT2D eigenvalue weighted by atomic mass is 10.2. The molecule has 0 saturated carbocycles. The Bertz CT molecular complexity index is 617. The zero-order chi connectivity index (χ0) is 14.5. The van der Waals surface area contributed by atoms with Gasteiger partial charge in [0.1, 0.15) is 5.82 Å². The highest BCUT2D eigenvalue weighted by Crippen LogP contribution is 2.24. The van der Waals surface area contributed by atoms with Gasteiger partial charge < -0.3 is 15.2 Å². The lowest BCUT2D eigenvalue weighted by molar-refractivity contribution is 0.0697. The fourth-order valence-electron chi connectivity index (χ4n) is 1.55. The number of carbonyl (C=O) groups is 1. The van der Waals surface area contributed by atoms with E-state index in [0.29, 0.717) is 18.2 Å². The highest BCUT2D eigenvalue weighted by Gasteiger charge is 2.12. The zero-order valence-corrected chi connectivity index (χ0v) is 11.4. The number of hydrogen-bond acceptors (Lipinski definition) is 5. The van der Waals surface area contributed by atoms with Crippen molar-refractivity contribution in [3.63, 3.8) is 0 Å². The minimum Gasteiger partial charge on any atom is -0.481 e. The lowest BCUT2D eigenvalue weighted by Crippen LogP contribution is -2.06. The van der Waals surface area contributed by atoms with Crippen LogP contribution in [0.3, 0.4) is 0 Å². The largest absolute Gasteiger partial charge is 0.481 e. The summed E-state index contributed by atoms with van der Waals surface area (Å²) in [7, 11) is 1.54. The number of aromatic carboxylic acids is 1. The van der Waals surface area contributed by atoms with Crippen LogP contribution in [-0.2, 0) is 6.54 Å². The lowest BCUT2D eigenvalue weighted by Gasteiger charge is -2.09. The first-order chi connectivity index (χ1) is 9.61. The van der Waals surface area contributed by atoms with Crippen molar-refractivity contribution in [2.45, 2.75) is 6.54 Å². The zero-order valence-electron chi connectivity index (χ0n) is 10.6. The van der Waals surface area contributed by atoms with Gasteiger partial charge in [0.25, 0.3) is 0 Å². The monoisotopic (exact) mass is 293 g/mol. The molecule has 0 amide bonds. The van der Waals surface area contributed by atoms with Crippen LogP contribution < -0.4 is 10.1 Å². The summed E-state index contributed by atoms with van der Waals surface area (Å²) in [6.45, 7) is 0.423. The molecule has 2 rings (SSSR count). The summed E-state index contributed by atoms with van der Waals surface area (Å²) < 4.78 is 4.96. The Kier molecular flexibility index (Phi) is 4.37. The molecule has 0 atom stereocenters. The number of carboxylic acids is 1. The molecule has 0 saturated heterocycles. The molecule has 0 unspecified atom stereocenters. The summed E-state index contributed by atoms with van der Waals surface area (Å²) in [5.41, 5.74) is 0.904. The Labute approximate surface area is 120 Å². The van der Waals surface area contributed by atoms with Crippen LogP contribution in [0.5, 0.6) is 5.88 Å². The maximum atomic E-state index is 11.0. The van der Waals surface area contributed by atoms with Crippen molar-refractivity contribution in [2.24, 2.45) is 0 Å². The summed E-state index contributed by atoms with van der Waals surface area (Å²) in [5.74, 6) is -0.244. The number of pyridine rings is 2. The number of methoxy groups -OCH3 is 1. The molecule has 6 nitrogen and oxygen atoms in total. The molecule has 2 aromatic rings. The SMILES string of the molecule is COc1ccc(CNc2nccc(C(=O)O)c2Cl)cn1. The maximum Gasteiger partial charge on any atom is 0.337 e. The van der Waals surface area contributed by atoms with Gasteiger partial charge in [-0.05, 0) is 11.6 Å². The second kappa shape index (κ2) is 6.21. The average molecular weight is 294 g/mol. The van der Waals surface area contributed by atoms with Crippen LogP contribution in [0.2, 0.25) is 5.02 Å². The van der Waals surface area contributed by atoms with Gasteiger partial charge in [0.2, 0.25) is 5.88 Å². The quantitative estimate of drug-likeness (QED) is 0.881. The van der Waals surface area contributed by atoms with Crippen molar-refractivity contribution in [2.75, 3.05) is 12.4 Å². The molecule has 0 radical (unpaired) electrons. The van der Waals surface area contributed by atoms with Gasteiger partial charge in [-0.15, -0.1) is 0 Å². The van der Waals surface area contributed by atoms with Crippen LogP contribution >= 0.6 is 11.6 Å². The fourth-order valence-corrected chi connectivity index (χ4v) is 1.81. The Balaban J connectivity index is 2.10. The predicted molar refractivity (Wildman–Crippen MR) is 74.3 cm³/mol. The van der Waals surface area contributed by atoms with Gasteiger partial charge >= 0.3 is 5.97 Å². The first kappa shape index (κ1) is 14.1. The molecule has 104 valence electrons. The van der Waals surface area contributed by atoms with E-state index in [9.17, 15) is 4.79 Å². The number of hydrogen-bond donors (Lipinski definition) is 2. The molecule has 0 spiro atoms. The normalized spacial score (nSPS) is 10.1. The second-order valence-electron chi connectivity index (χ2n) is 3.89. The number of rotatable bonds is 5. The smallest absolute Gasteiger partial charge is 0.337 e. The number of nitrogens with zero attached hydrogens (tertiary/aromatic N) is 2. The van der Waals surface area contributed by atoms with Crippen molar-refractivity contribution in [1.29, 1.82) is 0 Å². The predicted octanol–water partition coefficient (Wildman–Crippen LogP) is 2.45. The van der Waals surface area contributed by atoms with Crippen LogP contribution in [0.25, 0.3) is 0 Å². The summed E-state index contributed by atoms with van der Waals surface area (Å²) in [4.78, 5) is 19.0. The number of ether oxygens (including phenoxy) is 1. The average Bonchev–Trinajstić information content (AvgIpc) is 2.46.